The smallest absolute Gasteiger partial charge is 0.175 e. The van der Waals surface area contributed by atoms with E-state index in [-0.39, 0.29) is 10.7 Å². The van der Waals surface area contributed by atoms with E-state index in [0.717, 1.165) is 38.2 Å². The van der Waals surface area contributed by atoms with Crippen molar-refractivity contribution in [1.82, 2.24) is 4.98 Å². The Balaban J connectivity index is 1.60. The van der Waals surface area contributed by atoms with Crippen LogP contribution >= 0.6 is 11.3 Å². The summed E-state index contributed by atoms with van der Waals surface area (Å²) in [6.07, 6.45) is 1.77. The van der Waals surface area contributed by atoms with Gasteiger partial charge in [-0.1, -0.05) is 12.1 Å². The number of benzene rings is 3. The first-order chi connectivity index (χ1) is 15.8. The van der Waals surface area contributed by atoms with E-state index < -0.39 is 9.84 Å². The van der Waals surface area contributed by atoms with Crippen molar-refractivity contribution >= 4 is 21.2 Å². The van der Waals surface area contributed by atoms with Crippen molar-refractivity contribution in [2.45, 2.75) is 11.3 Å². The molecule has 1 aromatic heterocycles. The minimum Gasteiger partial charge on any atom is -0.497 e. The third-order valence-corrected chi connectivity index (χ3v) is 7.27. The SMILES string of the molecule is COc1ccc(OCCc2nc(-c3ccc(F)cc3)c(-c3ccc(S(C)(=O)=O)cc3)s2)cc1. The lowest BCUT2D eigenvalue weighted by molar-refractivity contribution is 0.321. The second kappa shape index (κ2) is 9.72. The standard InChI is InChI=1S/C25H22FNO4S2/c1-30-20-9-11-21(12-10-20)31-16-15-23-27-24(17-3-7-19(26)8-4-17)25(32-23)18-5-13-22(14-6-18)33(2,28)29/h3-14H,15-16H2,1-2H3. The molecule has 170 valence electrons. The number of methoxy groups -OCH3 is 1. The molecule has 0 atom stereocenters. The highest BCUT2D eigenvalue weighted by molar-refractivity contribution is 7.90. The van der Waals surface area contributed by atoms with Gasteiger partial charge in [-0.25, -0.2) is 17.8 Å². The van der Waals surface area contributed by atoms with E-state index in [1.54, 1.807) is 43.5 Å². The topological polar surface area (TPSA) is 65.5 Å². The Kier molecular flexibility index (Phi) is 6.76. The van der Waals surface area contributed by atoms with Gasteiger partial charge in [0.15, 0.2) is 9.84 Å². The molecular weight excluding hydrogens is 461 g/mol. The van der Waals surface area contributed by atoms with Crippen LogP contribution in [0.4, 0.5) is 4.39 Å². The molecule has 0 amide bonds. The number of sulfone groups is 1. The molecule has 0 saturated carbocycles. The lowest BCUT2D eigenvalue weighted by atomic mass is 10.1. The molecule has 0 aliphatic rings. The van der Waals surface area contributed by atoms with Crippen LogP contribution in [0.5, 0.6) is 11.5 Å². The molecule has 8 heteroatoms. The van der Waals surface area contributed by atoms with Crippen molar-refractivity contribution in [2.24, 2.45) is 0 Å². The molecule has 0 fully saturated rings. The van der Waals surface area contributed by atoms with Gasteiger partial charge in [0.05, 0.1) is 34.2 Å². The zero-order valence-corrected chi connectivity index (χ0v) is 19.8. The van der Waals surface area contributed by atoms with Crippen LogP contribution in [0.25, 0.3) is 21.7 Å². The summed E-state index contributed by atoms with van der Waals surface area (Å²) in [5, 5.41) is 0.866. The van der Waals surface area contributed by atoms with Crippen LogP contribution in [0, 0.1) is 5.82 Å². The minimum atomic E-state index is -3.28. The van der Waals surface area contributed by atoms with E-state index in [1.165, 1.54) is 29.7 Å². The van der Waals surface area contributed by atoms with Crippen molar-refractivity contribution in [3.8, 4) is 33.2 Å². The van der Waals surface area contributed by atoms with E-state index in [0.29, 0.717) is 13.0 Å². The lowest BCUT2D eigenvalue weighted by Gasteiger charge is -2.05. The van der Waals surface area contributed by atoms with E-state index in [1.807, 2.05) is 24.3 Å². The first-order valence-electron chi connectivity index (χ1n) is 10.2. The molecule has 0 unspecified atom stereocenters. The van der Waals surface area contributed by atoms with E-state index >= 15 is 0 Å². The molecule has 4 rings (SSSR count). The molecule has 0 spiro atoms. The van der Waals surface area contributed by atoms with Crippen molar-refractivity contribution < 1.29 is 22.3 Å². The lowest BCUT2D eigenvalue weighted by Crippen LogP contribution is -2.01. The minimum absolute atomic E-state index is 0.257. The zero-order valence-electron chi connectivity index (χ0n) is 18.1. The Hall–Kier alpha value is -3.23. The summed E-state index contributed by atoms with van der Waals surface area (Å²) >= 11 is 1.51. The fourth-order valence-electron chi connectivity index (χ4n) is 3.25. The van der Waals surface area contributed by atoms with Gasteiger partial charge in [-0.3, -0.25) is 0 Å². The number of nitrogens with zero attached hydrogens (tertiary/aromatic N) is 1. The first kappa shape index (κ1) is 22.9. The first-order valence-corrected chi connectivity index (χ1v) is 12.9. The van der Waals surface area contributed by atoms with Gasteiger partial charge in [-0.2, -0.15) is 0 Å². The second-order valence-electron chi connectivity index (χ2n) is 7.36. The molecule has 1 heterocycles. The monoisotopic (exact) mass is 483 g/mol. The Morgan fingerprint density at radius 1 is 0.879 bits per heavy atom. The number of rotatable bonds is 8. The largest absolute Gasteiger partial charge is 0.497 e. The Labute approximate surface area is 196 Å². The summed E-state index contributed by atoms with van der Waals surface area (Å²) in [5.74, 6) is 1.18. The third kappa shape index (κ3) is 5.58. The van der Waals surface area contributed by atoms with Gasteiger partial charge in [-0.15, -0.1) is 11.3 Å². The van der Waals surface area contributed by atoms with Gasteiger partial charge in [0.25, 0.3) is 0 Å². The fourth-order valence-corrected chi connectivity index (χ4v) is 4.95. The van der Waals surface area contributed by atoms with E-state index in [4.69, 9.17) is 14.5 Å². The molecule has 0 radical (unpaired) electrons. The number of thiazole rings is 1. The van der Waals surface area contributed by atoms with Crippen LogP contribution < -0.4 is 9.47 Å². The van der Waals surface area contributed by atoms with Gasteiger partial charge >= 0.3 is 0 Å². The molecule has 0 N–H and O–H groups in total. The molecule has 0 aliphatic carbocycles. The summed E-state index contributed by atoms with van der Waals surface area (Å²) in [6.45, 7) is 0.440. The van der Waals surface area contributed by atoms with E-state index in [2.05, 4.69) is 0 Å². The third-order valence-electron chi connectivity index (χ3n) is 4.98. The molecule has 0 bridgehead atoms. The maximum Gasteiger partial charge on any atom is 0.175 e. The molecule has 33 heavy (non-hydrogen) atoms. The van der Waals surface area contributed by atoms with Crippen LogP contribution in [0.15, 0.2) is 77.7 Å². The fraction of sp³-hybridized carbons (Fsp3) is 0.160. The number of hydrogen-bond acceptors (Lipinski definition) is 6. The van der Waals surface area contributed by atoms with Crippen LogP contribution in [-0.4, -0.2) is 33.4 Å². The maximum atomic E-state index is 13.5. The van der Waals surface area contributed by atoms with Crippen LogP contribution in [0.3, 0.4) is 0 Å². The Morgan fingerprint density at radius 2 is 1.48 bits per heavy atom. The van der Waals surface area contributed by atoms with Crippen molar-refractivity contribution in [1.29, 1.82) is 0 Å². The van der Waals surface area contributed by atoms with Crippen LogP contribution in [-0.2, 0) is 16.3 Å². The average Bonchev–Trinajstić information content (AvgIpc) is 3.24. The van der Waals surface area contributed by atoms with Crippen molar-refractivity contribution in [3.63, 3.8) is 0 Å². The van der Waals surface area contributed by atoms with Crippen LogP contribution in [0.2, 0.25) is 0 Å². The molecule has 0 saturated heterocycles. The summed E-state index contributed by atoms with van der Waals surface area (Å²) in [4.78, 5) is 5.94. The van der Waals surface area contributed by atoms with Gasteiger partial charge < -0.3 is 9.47 Å². The van der Waals surface area contributed by atoms with Gasteiger partial charge in [0.1, 0.15) is 17.3 Å². The molecule has 4 aromatic rings. The molecule has 3 aromatic carbocycles. The highest BCUT2D eigenvalue weighted by atomic mass is 32.2. The summed E-state index contributed by atoms with van der Waals surface area (Å²) in [6, 6.07) is 20.3. The predicted octanol–water partition coefficient (Wildman–Crippen LogP) is 5.65. The summed E-state index contributed by atoms with van der Waals surface area (Å²) in [5.41, 5.74) is 2.37. The number of aromatic nitrogens is 1. The number of ether oxygens (including phenoxy) is 2. The van der Waals surface area contributed by atoms with Gasteiger partial charge in [0, 0.05) is 18.2 Å². The highest BCUT2D eigenvalue weighted by Crippen LogP contribution is 2.37. The predicted molar refractivity (Wildman–Crippen MR) is 128 cm³/mol. The zero-order chi connectivity index (χ0) is 23.4. The van der Waals surface area contributed by atoms with Gasteiger partial charge in [0.2, 0.25) is 0 Å². The summed E-state index contributed by atoms with van der Waals surface area (Å²) in [7, 11) is -1.67. The molecule has 5 nitrogen and oxygen atoms in total. The number of hydrogen-bond donors (Lipinski definition) is 0. The Bertz CT molecular complexity index is 1330. The quantitative estimate of drug-likeness (QED) is 0.324. The van der Waals surface area contributed by atoms with Gasteiger partial charge in [-0.05, 0) is 66.2 Å². The summed E-state index contributed by atoms with van der Waals surface area (Å²) < 4.78 is 48.1. The van der Waals surface area contributed by atoms with Crippen molar-refractivity contribution in [3.05, 3.63) is 83.6 Å². The van der Waals surface area contributed by atoms with E-state index in [9.17, 15) is 12.8 Å². The van der Waals surface area contributed by atoms with Crippen molar-refractivity contribution in [2.75, 3.05) is 20.0 Å². The Morgan fingerprint density at radius 3 is 2.09 bits per heavy atom. The average molecular weight is 484 g/mol. The second-order valence-corrected chi connectivity index (χ2v) is 10.5. The molecule has 0 aliphatic heterocycles. The number of halogens is 1. The maximum absolute atomic E-state index is 13.5. The van der Waals surface area contributed by atoms with Crippen LogP contribution in [0.1, 0.15) is 5.01 Å². The highest BCUT2D eigenvalue weighted by Gasteiger charge is 2.16. The molecular formula is C25H22FNO4S2. The normalized spacial score (nSPS) is 11.4.